The van der Waals surface area contributed by atoms with E-state index >= 15 is 0 Å². The summed E-state index contributed by atoms with van der Waals surface area (Å²) < 4.78 is 6.75. The highest BCUT2D eigenvalue weighted by molar-refractivity contribution is 9.10. The van der Waals surface area contributed by atoms with Gasteiger partial charge in [0.05, 0.1) is 19.2 Å². The monoisotopic (exact) mass is 479 g/mol. The average molecular weight is 480 g/mol. The molecule has 0 unspecified atom stereocenters. The van der Waals surface area contributed by atoms with Crippen molar-refractivity contribution in [2.24, 2.45) is 5.10 Å². The van der Waals surface area contributed by atoms with Crippen LogP contribution in [0.4, 0.5) is 0 Å². The number of benzene rings is 3. The smallest absolute Gasteiger partial charge is 0.259 e. The highest BCUT2D eigenvalue weighted by atomic mass is 79.9. The van der Waals surface area contributed by atoms with E-state index in [1.807, 2.05) is 78.9 Å². The molecule has 0 fully saturated rings. The van der Waals surface area contributed by atoms with E-state index < -0.39 is 5.91 Å². The van der Waals surface area contributed by atoms with Gasteiger partial charge in [-0.15, -0.1) is 0 Å². The molecule has 0 radical (unpaired) electrons. The Bertz CT molecular complexity index is 1040. The number of amides is 2. The Kier molecular flexibility index (Phi) is 8.37. The molecule has 2 N–H and O–H groups in total. The highest BCUT2D eigenvalue weighted by Gasteiger charge is 2.07. The van der Waals surface area contributed by atoms with Crippen molar-refractivity contribution < 1.29 is 14.3 Å². The number of nitrogens with zero attached hydrogens (tertiary/aromatic N) is 1. The summed E-state index contributed by atoms with van der Waals surface area (Å²) in [6.45, 7) is 0.266. The third-order valence-electron chi connectivity index (χ3n) is 4.26. The van der Waals surface area contributed by atoms with Gasteiger partial charge in [0.15, 0.2) is 0 Å². The standard InChI is InChI=1S/C24H22BrN3O3/c25-21-11-12-22(31-17-19-9-5-2-6-10-19)20(14-21)15-27-28-24(30)16-26-23(29)13-18-7-3-1-4-8-18/h1-12,14-15H,13,16-17H2,(H,26,29)(H,28,30). The minimum Gasteiger partial charge on any atom is -0.488 e. The van der Waals surface area contributed by atoms with Gasteiger partial charge in [-0.3, -0.25) is 9.59 Å². The number of halogens is 1. The van der Waals surface area contributed by atoms with Crippen molar-refractivity contribution in [3.05, 3.63) is 100 Å². The molecule has 3 aromatic carbocycles. The number of rotatable bonds is 9. The molecule has 0 aliphatic carbocycles. The van der Waals surface area contributed by atoms with Gasteiger partial charge in [-0.05, 0) is 29.3 Å². The van der Waals surface area contributed by atoms with E-state index in [9.17, 15) is 9.59 Å². The fraction of sp³-hybridized carbons (Fsp3) is 0.125. The molecular formula is C24H22BrN3O3. The summed E-state index contributed by atoms with van der Waals surface area (Å²) in [4.78, 5) is 23.9. The van der Waals surface area contributed by atoms with Gasteiger partial charge in [-0.25, -0.2) is 5.43 Å². The van der Waals surface area contributed by atoms with Gasteiger partial charge < -0.3 is 10.1 Å². The van der Waals surface area contributed by atoms with Crippen molar-refractivity contribution in [3.8, 4) is 5.75 Å². The number of hydrogen-bond donors (Lipinski definition) is 2. The average Bonchev–Trinajstić information content (AvgIpc) is 2.78. The van der Waals surface area contributed by atoms with E-state index in [1.54, 1.807) is 0 Å². The Labute approximate surface area is 189 Å². The lowest BCUT2D eigenvalue weighted by Gasteiger charge is -2.10. The molecular weight excluding hydrogens is 458 g/mol. The molecule has 0 aliphatic heterocycles. The Morgan fingerprint density at radius 2 is 1.58 bits per heavy atom. The Hall–Kier alpha value is -3.45. The Morgan fingerprint density at radius 3 is 2.29 bits per heavy atom. The van der Waals surface area contributed by atoms with Gasteiger partial charge in [0, 0.05) is 10.0 Å². The van der Waals surface area contributed by atoms with E-state index in [0.717, 1.165) is 15.6 Å². The molecule has 158 valence electrons. The molecule has 31 heavy (non-hydrogen) atoms. The molecule has 2 amide bonds. The molecule has 0 bridgehead atoms. The number of carbonyl (C=O) groups excluding carboxylic acids is 2. The second kappa shape index (κ2) is 11.7. The summed E-state index contributed by atoms with van der Waals surface area (Å²) in [6, 6.07) is 24.7. The largest absolute Gasteiger partial charge is 0.488 e. The normalized spacial score (nSPS) is 10.6. The first-order chi connectivity index (χ1) is 15.1. The predicted molar refractivity (Wildman–Crippen MR) is 124 cm³/mol. The molecule has 0 saturated carbocycles. The number of hydrazone groups is 1. The van der Waals surface area contributed by atoms with Gasteiger partial charge in [-0.2, -0.15) is 5.10 Å². The predicted octanol–water partition coefficient (Wildman–Crippen LogP) is 3.84. The van der Waals surface area contributed by atoms with Crippen LogP contribution in [0.2, 0.25) is 0 Å². The van der Waals surface area contributed by atoms with Crippen LogP contribution in [-0.4, -0.2) is 24.6 Å². The first-order valence-corrected chi connectivity index (χ1v) is 10.5. The molecule has 0 aromatic heterocycles. The van der Waals surface area contributed by atoms with Crippen LogP contribution < -0.4 is 15.5 Å². The van der Waals surface area contributed by atoms with Crippen molar-refractivity contribution in [1.29, 1.82) is 0 Å². The molecule has 6 nitrogen and oxygen atoms in total. The van der Waals surface area contributed by atoms with Gasteiger partial charge >= 0.3 is 0 Å². The van der Waals surface area contributed by atoms with Crippen molar-refractivity contribution >= 4 is 34.0 Å². The Morgan fingerprint density at radius 1 is 0.903 bits per heavy atom. The minimum atomic E-state index is -0.417. The fourth-order valence-corrected chi connectivity index (χ4v) is 3.10. The van der Waals surface area contributed by atoms with Crippen LogP contribution in [0.5, 0.6) is 5.75 Å². The quantitative estimate of drug-likeness (QED) is 0.361. The van der Waals surface area contributed by atoms with Crippen LogP contribution in [0.25, 0.3) is 0 Å². The van der Waals surface area contributed by atoms with Crippen LogP contribution in [0.3, 0.4) is 0 Å². The topological polar surface area (TPSA) is 79.8 Å². The lowest BCUT2D eigenvalue weighted by atomic mass is 10.1. The van der Waals surface area contributed by atoms with Crippen LogP contribution in [0.15, 0.2) is 88.4 Å². The first-order valence-electron chi connectivity index (χ1n) is 9.69. The summed E-state index contributed by atoms with van der Waals surface area (Å²) in [7, 11) is 0. The summed E-state index contributed by atoms with van der Waals surface area (Å²) in [5.74, 6) is -0.00505. The number of hydrogen-bond acceptors (Lipinski definition) is 4. The van der Waals surface area contributed by atoms with Crippen LogP contribution in [0, 0.1) is 0 Å². The maximum Gasteiger partial charge on any atom is 0.259 e. The van der Waals surface area contributed by atoms with Crippen molar-refractivity contribution in [3.63, 3.8) is 0 Å². The molecule has 0 atom stereocenters. The maximum absolute atomic E-state index is 12.0. The zero-order valence-corrected chi connectivity index (χ0v) is 18.3. The van der Waals surface area contributed by atoms with Gasteiger partial charge in [-0.1, -0.05) is 76.6 Å². The summed E-state index contributed by atoms with van der Waals surface area (Å²) in [5, 5.41) is 6.57. The minimum absolute atomic E-state index is 0.154. The third-order valence-corrected chi connectivity index (χ3v) is 4.75. The van der Waals surface area contributed by atoms with Crippen LogP contribution in [-0.2, 0) is 22.6 Å². The number of carbonyl (C=O) groups is 2. The van der Waals surface area contributed by atoms with Gasteiger partial charge in [0.2, 0.25) is 5.91 Å². The van der Waals surface area contributed by atoms with Crippen LogP contribution in [0.1, 0.15) is 16.7 Å². The zero-order valence-electron chi connectivity index (χ0n) is 16.8. The maximum atomic E-state index is 12.0. The Balaban J connectivity index is 1.49. The SMILES string of the molecule is O=C(Cc1ccccc1)NCC(=O)NN=Cc1cc(Br)ccc1OCc1ccccc1. The molecule has 0 saturated heterocycles. The lowest BCUT2D eigenvalue weighted by Crippen LogP contribution is -2.35. The molecule has 7 heteroatoms. The summed E-state index contributed by atoms with van der Waals surface area (Å²) in [6.07, 6.45) is 1.73. The van der Waals surface area contributed by atoms with Crippen molar-refractivity contribution in [2.75, 3.05) is 6.54 Å². The van der Waals surface area contributed by atoms with Crippen molar-refractivity contribution in [1.82, 2.24) is 10.7 Å². The third kappa shape index (κ3) is 7.71. The highest BCUT2D eigenvalue weighted by Crippen LogP contribution is 2.22. The molecule has 3 rings (SSSR count). The van der Waals surface area contributed by atoms with E-state index in [-0.39, 0.29) is 18.9 Å². The molecule has 0 spiro atoms. The number of ether oxygens (including phenoxy) is 1. The second-order valence-electron chi connectivity index (χ2n) is 6.69. The molecule has 0 heterocycles. The first kappa shape index (κ1) is 22.2. The van der Waals surface area contributed by atoms with Gasteiger partial charge in [0.1, 0.15) is 12.4 Å². The van der Waals surface area contributed by atoms with Gasteiger partial charge in [0.25, 0.3) is 5.91 Å². The summed E-state index contributed by atoms with van der Waals surface area (Å²) >= 11 is 3.43. The zero-order chi connectivity index (χ0) is 21.9. The van der Waals surface area contributed by atoms with E-state index in [1.165, 1.54) is 6.21 Å². The lowest BCUT2D eigenvalue weighted by molar-refractivity contribution is -0.125. The molecule has 0 aliphatic rings. The fourth-order valence-electron chi connectivity index (χ4n) is 2.72. The summed E-state index contributed by atoms with van der Waals surface area (Å²) in [5.41, 5.74) is 5.06. The number of nitrogens with one attached hydrogen (secondary N) is 2. The molecule has 3 aromatic rings. The van der Waals surface area contributed by atoms with Crippen LogP contribution >= 0.6 is 15.9 Å². The van der Waals surface area contributed by atoms with E-state index in [0.29, 0.717) is 17.9 Å². The van der Waals surface area contributed by atoms with Crippen molar-refractivity contribution in [2.45, 2.75) is 13.0 Å². The van der Waals surface area contributed by atoms with E-state index in [4.69, 9.17) is 4.74 Å². The second-order valence-corrected chi connectivity index (χ2v) is 7.60. The van der Waals surface area contributed by atoms with E-state index in [2.05, 4.69) is 31.8 Å².